The second kappa shape index (κ2) is 7.51. The van der Waals surface area contributed by atoms with Crippen LogP contribution >= 0.6 is 0 Å². The van der Waals surface area contributed by atoms with Crippen molar-refractivity contribution in [1.29, 1.82) is 0 Å². The minimum absolute atomic E-state index is 0.158. The van der Waals surface area contributed by atoms with Crippen molar-refractivity contribution in [3.63, 3.8) is 0 Å². The smallest absolute Gasteiger partial charge is 0.406 e. The second-order valence-corrected chi connectivity index (χ2v) is 6.19. The molecule has 0 unspecified atom stereocenters. The highest BCUT2D eigenvalue weighted by atomic mass is 19.4. The number of piperidine rings is 1. The number of hydrogen-bond acceptors (Lipinski definition) is 4. The Hall–Kier alpha value is -1.31. The van der Waals surface area contributed by atoms with E-state index < -0.39 is 6.36 Å². The number of likely N-dealkylation sites (tertiary alicyclic amines) is 1. The third kappa shape index (κ3) is 5.37. The van der Waals surface area contributed by atoms with Gasteiger partial charge in [-0.3, -0.25) is 4.90 Å². The molecule has 1 aliphatic rings. The van der Waals surface area contributed by atoms with Crippen LogP contribution in [0.3, 0.4) is 0 Å². The summed E-state index contributed by atoms with van der Waals surface area (Å²) in [5, 5.41) is 9.46. The molecule has 0 saturated carbocycles. The van der Waals surface area contributed by atoms with E-state index in [2.05, 4.69) is 14.5 Å². The van der Waals surface area contributed by atoms with Crippen LogP contribution in [0.1, 0.15) is 12.0 Å². The summed E-state index contributed by atoms with van der Waals surface area (Å²) in [5.74, 6) is 0.0468. The van der Waals surface area contributed by atoms with Gasteiger partial charge in [-0.25, -0.2) is 0 Å². The van der Waals surface area contributed by atoms with Crippen LogP contribution in [0, 0.1) is 5.92 Å². The van der Waals surface area contributed by atoms with Gasteiger partial charge in [0.05, 0.1) is 0 Å². The van der Waals surface area contributed by atoms with Crippen LogP contribution in [-0.4, -0.2) is 61.1 Å². The molecule has 4 nitrogen and oxygen atoms in total. The minimum atomic E-state index is -4.67. The van der Waals surface area contributed by atoms with Gasteiger partial charge in [-0.1, -0.05) is 12.1 Å². The zero-order chi connectivity index (χ0) is 17.0. The number of alkyl halides is 3. The minimum Gasteiger partial charge on any atom is -0.406 e. The van der Waals surface area contributed by atoms with Crippen LogP contribution in [0.15, 0.2) is 24.3 Å². The van der Waals surface area contributed by atoms with Crippen molar-refractivity contribution in [3.8, 4) is 5.75 Å². The lowest BCUT2D eigenvalue weighted by Crippen LogP contribution is -2.51. The Morgan fingerprint density at radius 1 is 1.35 bits per heavy atom. The summed E-state index contributed by atoms with van der Waals surface area (Å²) < 4.78 is 40.8. The summed E-state index contributed by atoms with van der Waals surface area (Å²) in [7, 11) is 3.96. The number of nitrogens with zero attached hydrogens (tertiary/aromatic N) is 2. The number of benzene rings is 1. The number of aliphatic hydroxyl groups is 1. The predicted molar refractivity (Wildman–Crippen MR) is 81.1 cm³/mol. The summed E-state index contributed by atoms with van der Waals surface area (Å²) in [6.07, 6.45) is -3.80. The lowest BCUT2D eigenvalue weighted by atomic mass is 9.91. The molecule has 1 aromatic carbocycles. The van der Waals surface area contributed by atoms with E-state index in [0.717, 1.165) is 25.1 Å². The summed E-state index contributed by atoms with van der Waals surface area (Å²) in [4.78, 5) is 4.29. The van der Waals surface area contributed by atoms with Crippen LogP contribution in [0.4, 0.5) is 13.2 Å². The van der Waals surface area contributed by atoms with E-state index in [1.165, 1.54) is 12.1 Å². The molecule has 0 radical (unpaired) electrons. The Balaban J connectivity index is 2.00. The lowest BCUT2D eigenvalue weighted by Gasteiger charge is -2.41. The molecule has 1 heterocycles. The molecule has 7 heteroatoms. The molecule has 1 aliphatic heterocycles. The molecule has 0 aliphatic carbocycles. The molecule has 0 aromatic heterocycles. The van der Waals surface area contributed by atoms with E-state index >= 15 is 0 Å². The summed E-state index contributed by atoms with van der Waals surface area (Å²) in [5.41, 5.74) is 0.784. The van der Waals surface area contributed by atoms with Gasteiger partial charge in [-0.05, 0) is 50.7 Å². The molecule has 1 N–H and O–H groups in total. The van der Waals surface area contributed by atoms with Crippen molar-refractivity contribution in [2.75, 3.05) is 33.8 Å². The topological polar surface area (TPSA) is 35.9 Å². The normalized spacial score (nSPS) is 23.3. The fourth-order valence-corrected chi connectivity index (χ4v) is 3.09. The largest absolute Gasteiger partial charge is 0.573 e. The van der Waals surface area contributed by atoms with Crippen molar-refractivity contribution in [3.05, 3.63) is 29.8 Å². The van der Waals surface area contributed by atoms with Gasteiger partial charge < -0.3 is 14.7 Å². The zero-order valence-electron chi connectivity index (χ0n) is 13.4. The molecular weight excluding hydrogens is 309 g/mol. The molecule has 0 bridgehead atoms. The van der Waals surface area contributed by atoms with Crippen molar-refractivity contribution in [2.24, 2.45) is 5.92 Å². The van der Waals surface area contributed by atoms with E-state index in [0.29, 0.717) is 6.54 Å². The lowest BCUT2D eigenvalue weighted by molar-refractivity contribution is -0.274. The number of rotatable bonds is 5. The zero-order valence-corrected chi connectivity index (χ0v) is 13.4. The van der Waals surface area contributed by atoms with Crippen LogP contribution in [-0.2, 0) is 6.54 Å². The maximum atomic E-state index is 12.3. The molecule has 0 amide bonds. The molecular formula is C16H23F3N2O2. The van der Waals surface area contributed by atoms with Gasteiger partial charge in [0.25, 0.3) is 0 Å². The van der Waals surface area contributed by atoms with E-state index in [1.807, 2.05) is 14.1 Å². The highest BCUT2D eigenvalue weighted by molar-refractivity contribution is 5.28. The van der Waals surface area contributed by atoms with Crippen LogP contribution < -0.4 is 4.74 Å². The molecule has 23 heavy (non-hydrogen) atoms. The van der Waals surface area contributed by atoms with Crippen molar-refractivity contribution in [2.45, 2.75) is 25.4 Å². The van der Waals surface area contributed by atoms with Crippen molar-refractivity contribution >= 4 is 0 Å². The van der Waals surface area contributed by atoms with E-state index in [4.69, 9.17) is 0 Å². The van der Waals surface area contributed by atoms with Gasteiger partial charge in [0.1, 0.15) is 5.75 Å². The second-order valence-electron chi connectivity index (χ2n) is 6.19. The Bertz CT molecular complexity index is 508. The highest BCUT2D eigenvalue weighted by Crippen LogP contribution is 2.25. The number of aliphatic hydroxyl groups excluding tert-OH is 1. The SMILES string of the molecule is CN(C)[C@@H]1CN(Cc2cccc(OC(F)(F)F)c2)CC[C@@H]1CO. The molecule has 0 spiro atoms. The van der Waals surface area contributed by atoms with Crippen LogP contribution in [0.5, 0.6) is 5.75 Å². The van der Waals surface area contributed by atoms with E-state index in [-0.39, 0.29) is 24.3 Å². The fraction of sp³-hybridized carbons (Fsp3) is 0.625. The molecule has 130 valence electrons. The Morgan fingerprint density at radius 2 is 2.09 bits per heavy atom. The van der Waals surface area contributed by atoms with Gasteiger partial charge in [-0.2, -0.15) is 0 Å². The van der Waals surface area contributed by atoms with Gasteiger partial charge >= 0.3 is 6.36 Å². The predicted octanol–water partition coefficient (Wildman–Crippen LogP) is 2.33. The number of ether oxygens (including phenoxy) is 1. The summed E-state index contributed by atoms with van der Waals surface area (Å²) in [6, 6.07) is 6.34. The van der Waals surface area contributed by atoms with Crippen molar-refractivity contribution < 1.29 is 23.0 Å². The maximum Gasteiger partial charge on any atom is 0.573 e. The Kier molecular flexibility index (Phi) is 5.89. The fourth-order valence-electron chi connectivity index (χ4n) is 3.09. The molecule has 2 rings (SSSR count). The summed E-state index contributed by atoms with van der Waals surface area (Å²) in [6.45, 7) is 2.33. The maximum absolute atomic E-state index is 12.3. The van der Waals surface area contributed by atoms with E-state index in [1.54, 1.807) is 12.1 Å². The first-order chi connectivity index (χ1) is 10.8. The monoisotopic (exact) mass is 332 g/mol. The standard InChI is InChI=1S/C16H23F3N2O2/c1-20(2)15-10-21(7-6-13(15)11-22)9-12-4-3-5-14(8-12)23-16(17,18)19/h3-5,8,13,15,22H,6-7,9-11H2,1-2H3/t13-,15-/m1/s1. The molecule has 1 aromatic rings. The van der Waals surface area contributed by atoms with Gasteiger partial charge in [0, 0.05) is 25.7 Å². The first kappa shape index (κ1) is 18.0. The quantitative estimate of drug-likeness (QED) is 0.898. The average Bonchev–Trinajstić information content (AvgIpc) is 2.45. The molecule has 2 atom stereocenters. The summed E-state index contributed by atoms with van der Waals surface area (Å²) >= 11 is 0. The third-order valence-corrected chi connectivity index (χ3v) is 4.24. The van der Waals surface area contributed by atoms with Gasteiger partial charge in [0.15, 0.2) is 0 Å². The number of halogens is 3. The number of hydrogen-bond donors (Lipinski definition) is 1. The Labute approximate surface area is 134 Å². The van der Waals surface area contributed by atoms with E-state index in [9.17, 15) is 18.3 Å². The van der Waals surface area contributed by atoms with Crippen LogP contribution in [0.2, 0.25) is 0 Å². The number of likely N-dealkylation sites (N-methyl/N-ethyl adjacent to an activating group) is 1. The highest BCUT2D eigenvalue weighted by Gasteiger charge is 2.32. The third-order valence-electron chi connectivity index (χ3n) is 4.24. The first-order valence-corrected chi connectivity index (χ1v) is 7.63. The van der Waals surface area contributed by atoms with Gasteiger partial charge in [-0.15, -0.1) is 13.2 Å². The molecule has 1 saturated heterocycles. The average molecular weight is 332 g/mol. The Morgan fingerprint density at radius 3 is 2.70 bits per heavy atom. The van der Waals surface area contributed by atoms with Crippen molar-refractivity contribution in [1.82, 2.24) is 9.80 Å². The molecule has 1 fully saturated rings. The van der Waals surface area contributed by atoms with Gasteiger partial charge in [0.2, 0.25) is 0 Å². The van der Waals surface area contributed by atoms with Crippen LogP contribution in [0.25, 0.3) is 0 Å². The first-order valence-electron chi connectivity index (χ1n) is 7.63.